The van der Waals surface area contributed by atoms with Gasteiger partial charge < -0.3 is 15.0 Å². The number of ether oxygens (including phenoxy) is 1. The number of rotatable bonds is 6. The van der Waals surface area contributed by atoms with Gasteiger partial charge >= 0.3 is 5.97 Å². The van der Waals surface area contributed by atoms with Crippen molar-refractivity contribution < 1.29 is 19.1 Å². The molecular formula is C18H26N2O4S. The van der Waals surface area contributed by atoms with Crippen LogP contribution < -0.4 is 5.32 Å². The molecule has 1 N–H and O–H groups in total. The summed E-state index contributed by atoms with van der Waals surface area (Å²) in [7, 11) is 0. The molecule has 1 fully saturated rings. The van der Waals surface area contributed by atoms with Crippen molar-refractivity contribution in [3.8, 4) is 0 Å². The predicted molar refractivity (Wildman–Crippen MR) is 96.1 cm³/mol. The minimum absolute atomic E-state index is 0.0116. The summed E-state index contributed by atoms with van der Waals surface area (Å²) in [6, 6.07) is 3.31. The molecule has 1 aromatic heterocycles. The van der Waals surface area contributed by atoms with E-state index in [2.05, 4.69) is 5.32 Å². The zero-order chi connectivity index (χ0) is 18.2. The summed E-state index contributed by atoms with van der Waals surface area (Å²) in [5, 5.41) is 4.65. The Balaban J connectivity index is 1.90. The zero-order valence-electron chi connectivity index (χ0n) is 14.8. The number of hydrogen-bond donors (Lipinski definition) is 1. The van der Waals surface area contributed by atoms with Gasteiger partial charge in [0.15, 0.2) is 6.10 Å². The summed E-state index contributed by atoms with van der Waals surface area (Å²) in [5.74, 6) is -0.829. The van der Waals surface area contributed by atoms with Crippen LogP contribution in [-0.2, 0) is 19.1 Å². The number of carbonyl (C=O) groups is 3. The number of hydrogen-bond acceptors (Lipinski definition) is 5. The highest BCUT2D eigenvalue weighted by molar-refractivity contribution is 7.10. The topological polar surface area (TPSA) is 75.7 Å². The first kappa shape index (κ1) is 19.4. The molecule has 6 nitrogen and oxygen atoms in total. The number of nitrogens with zero attached hydrogens (tertiary/aromatic N) is 1. The van der Waals surface area contributed by atoms with Gasteiger partial charge in [0, 0.05) is 24.9 Å². The van der Waals surface area contributed by atoms with Crippen molar-refractivity contribution in [2.45, 2.75) is 58.1 Å². The normalized spacial score (nSPS) is 17.3. The van der Waals surface area contributed by atoms with E-state index in [1.807, 2.05) is 17.5 Å². The maximum atomic E-state index is 12.5. The quantitative estimate of drug-likeness (QED) is 0.786. The van der Waals surface area contributed by atoms with Gasteiger partial charge in [0.1, 0.15) is 0 Å². The smallest absolute Gasteiger partial charge is 0.309 e. The van der Waals surface area contributed by atoms with Gasteiger partial charge in [-0.3, -0.25) is 14.4 Å². The molecule has 2 rings (SSSR count). The van der Waals surface area contributed by atoms with Crippen LogP contribution in [0, 0.1) is 0 Å². The average molecular weight is 366 g/mol. The van der Waals surface area contributed by atoms with E-state index in [0.717, 1.165) is 43.6 Å². The largest absolute Gasteiger partial charge is 0.452 e. The first-order valence-electron chi connectivity index (χ1n) is 8.76. The lowest BCUT2D eigenvalue weighted by Gasteiger charge is -2.24. The molecule has 7 heteroatoms. The fraction of sp³-hybridized carbons (Fsp3) is 0.611. The third-order valence-electron chi connectivity index (χ3n) is 4.21. The van der Waals surface area contributed by atoms with Crippen LogP contribution in [-0.4, -0.2) is 41.9 Å². The number of esters is 1. The maximum Gasteiger partial charge on any atom is 0.309 e. The van der Waals surface area contributed by atoms with Gasteiger partial charge in [0.25, 0.3) is 5.91 Å². The van der Waals surface area contributed by atoms with E-state index >= 15 is 0 Å². The molecule has 1 aromatic rings. The Morgan fingerprint density at radius 3 is 2.48 bits per heavy atom. The molecule has 2 amide bonds. The minimum Gasteiger partial charge on any atom is -0.452 e. The van der Waals surface area contributed by atoms with Crippen molar-refractivity contribution in [3.63, 3.8) is 0 Å². The van der Waals surface area contributed by atoms with Crippen LogP contribution in [0.5, 0.6) is 0 Å². The summed E-state index contributed by atoms with van der Waals surface area (Å²) in [4.78, 5) is 38.8. The monoisotopic (exact) mass is 366 g/mol. The predicted octanol–water partition coefficient (Wildman–Crippen LogP) is 2.65. The third-order valence-corrected chi connectivity index (χ3v) is 5.19. The van der Waals surface area contributed by atoms with Gasteiger partial charge in [-0.05, 0) is 31.2 Å². The second-order valence-corrected chi connectivity index (χ2v) is 7.32. The molecule has 0 saturated carbocycles. The average Bonchev–Trinajstić information content (AvgIpc) is 2.95. The molecule has 0 bridgehead atoms. The van der Waals surface area contributed by atoms with Crippen LogP contribution in [0.4, 0.5) is 0 Å². The van der Waals surface area contributed by atoms with E-state index in [-0.39, 0.29) is 18.2 Å². The first-order chi connectivity index (χ1) is 12.0. The molecule has 0 spiro atoms. The molecule has 2 atom stereocenters. The van der Waals surface area contributed by atoms with Gasteiger partial charge in [-0.2, -0.15) is 0 Å². The van der Waals surface area contributed by atoms with Gasteiger partial charge in [-0.15, -0.1) is 11.3 Å². The molecule has 1 saturated heterocycles. The molecular weight excluding hydrogens is 340 g/mol. The highest BCUT2D eigenvalue weighted by atomic mass is 32.1. The molecule has 0 aromatic carbocycles. The van der Waals surface area contributed by atoms with Crippen LogP contribution in [0.3, 0.4) is 0 Å². The van der Waals surface area contributed by atoms with Crippen LogP contribution in [0.2, 0.25) is 0 Å². The van der Waals surface area contributed by atoms with Crippen LogP contribution in [0.1, 0.15) is 56.9 Å². The van der Waals surface area contributed by atoms with Crippen LogP contribution in [0.15, 0.2) is 17.5 Å². The highest BCUT2D eigenvalue weighted by Crippen LogP contribution is 2.23. The van der Waals surface area contributed by atoms with Gasteiger partial charge in [0.2, 0.25) is 5.91 Å². The van der Waals surface area contributed by atoms with Crippen molar-refractivity contribution in [2.24, 2.45) is 0 Å². The first-order valence-corrected chi connectivity index (χ1v) is 9.64. The maximum absolute atomic E-state index is 12.5. The molecule has 2 heterocycles. The molecule has 2 unspecified atom stereocenters. The molecule has 1 aliphatic rings. The summed E-state index contributed by atoms with van der Waals surface area (Å²) in [5.41, 5.74) is 0. The van der Waals surface area contributed by atoms with E-state index in [4.69, 9.17) is 4.74 Å². The van der Waals surface area contributed by atoms with E-state index in [1.54, 1.807) is 11.8 Å². The van der Waals surface area contributed by atoms with Crippen LogP contribution in [0.25, 0.3) is 0 Å². The third kappa shape index (κ3) is 6.16. The van der Waals surface area contributed by atoms with Crippen molar-refractivity contribution >= 4 is 29.1 Å². The molecule has 0 aliphatic carbocycles. The highest BCUT2D eigenvalue weighted by Gasteiger charge is 2.26. The Kier molecular flexibility index (Phi) is 7.43. The summed E-state index contributed by atoms with van der Waals surface area (Å²) in [6.45, 7) is 4.48. The lowest BCUT2D eigenvalue weighted by atomic mass is 10.1. The fourth-order valence-corrected chi connectivity index (χ4v) is 3.75. The number of amides is 2. The van der Waals surface area contributed by atoms with Crippen molar-refractivity contribution in [2.75, 3.05) is 13.1 Å². The minimum atomic E-state index is -0.799. The molecule has 25 heavy (non-hydrogen) atoms. The molecule has 0 radical (unpaired) electrons. The van der Waals surface area contributed by atoms with Crippen molar-refractivity contribution in [3.05, 3.63) is 22.4 Å². The Morgan fingerprint density at radius 1 is 1.24 bits per heavy atom. The summed E-state index contributed by atoms with van der Waals surface area (Å²) in [6.07, 6.45) is 3.48. The zero-order valence-corrected chi connectivity index (χ0v) is 15.6. The van der Waals surface area contributed by atoms with Crippen molar-refractivity contribution in [1.29, 1.82) is 0 Å². The number of thiophene rings is 1. The Morgan fingerprint density at radius 2 is 1.92 bits per heavy atom. The SMILES string of the molecule is CC(=O)NC(CC(=O)OC(C)C(=O)N1CCCCCC1)c1cccs1. The second kappa shape index (κ2) is 9.56. The number of carbonyl (C=O) groups excluding carboxylic acids is 3. The fourth-order valence-electron chi connectivity index (χ4n) is 2.97. The molecule has 138 valence electrons. The standard InChI is InChI=1S/C18H26N2O4S/c1-13(18(23)20-9-5-3-4-6-10-20)24-17(22)12-15(19-14(2)21)16-8-7-11-25-16/h7-8,11,13,15H,3-6,9-10,12H2,1-2H3,(H,19,21). The molecule has 1 aliphatic heterocycles. The Bertz CT molecular complexity index is 580. The van der Waals surface area contributed by atoms with Gasteiger partial charge in [-0.1, -0.05) is 18.9 Å². The number of likely N-dealkylation sites (tertiary alicyclic amines) is 1. The number of nitrogens with one attached hydrogen (secondary N) is 1. The van der Waals surface area contributed by atoms with E-state index in [0.29, 0.717) is 0 Å². The Labute approximate surface area is 152 Å². The van der Waals surface area contributed by atoms with E-state index in [9.17, 15) is 14.4 Å². The van der Waals surface area contributed by atoms with E-state index in [1.165, 1.54) is 18.3 Å². The van der Waals surface area contributed by atoms with Crippen molar-refractivity contribution in [1.82, 2.24) is 10.2 Å². The lowest BCUT2D eigenvalue weighted by molar-refractivity contribution is -0.159. The van der Waals surface area contributed by atoms with E-state index < -0.39 is 18.1 Å². The summed E-state index contributed by atoms with van der Waals surface area (Å²) < 4.78 is 5.34. The van der Waals surface area contributed by atoms with Crippen LogP contribution >= 0.6 is 11.3 Å². The second-order valence-electron chi connectivity index (χ2n) is 6.34. The summed E-state index contributed by atoms with van der Waals surface area (Å²) >= 11 is 1.47. The van der Waals surface area contributed by atoms with Gasteiger partial charge in [-0.25, -0.2) is 0 Å². The Hall–Kier alpha value is -1.89. The lowest BCUT2D eigenvalue weighted by Crippen LogP contribution is -2.40. The van der Waals surface area contributed by atoms with Gasteiger partial charge in [0.05, 0.1) is 12.5 Å².